The third-order valence-corrected chi connectivity index (χ3v) is 4.99. The van der Waals surface area contributed by atoms with E-state index in [2.05, 4.69) is 21.9 Å². The van der Waals surface area contributed by atoms with Crippen LogP contribution in [0.4, 0.5) is 10.5 Å². The molecule has 0 atom stereocenters. The molecule has 3 rings (SSSR count). The standard InChI is InChI=1S/C22H29N3O4/c1-27-21-6-3-2-5-20(21)25-14-12-24(13-15-25)11-4-16-28-19-9-7-18(8-10-19)17-29-22(23)26/h2-3,5-10H,4,11-17H2,1H3,(H2,23,26). The molecule has 29 heavy (non-hydrogen) atoms. The first kappa shape index (κ1) is 20.8. The molecular weight excluding hydrogens is 370 g/mol. The molecule has 1 aliphatic heterocycles. The van der Waals surface area contributed by atoms with E-state index in [1.54, 1.807) is 7.11 Å². The van der Waals surface area contributed by atoms with Gasteiger partial charge >= 0.3 is 6.09 Å². The number of carbonyl (C=O) groups excluding carboxylic acids is 1. The average molecular weight is 399 g/mol. The first-order chi connectivity index (χ1) is 14.2. The summed E-state index contributed by atoms with van der Waals surface area (Å²) in [6.07, 6.45) is 0.204. The Kier molecular flexibility index (Phi) is 7.58. The van der Waals surface area contributed by atoms with E-state index in [1.165, 1.54) is 5.69 Å². The van der Waals surface area contributed by atoms with Crippen LogP contribution in [0, 0.1) is 0 Å². The van der Waals surface area contributed by atoms with Gasteiger partial charge in [-0.15, -0.1) is 0 Å². The lowest BCUT2D eigenvalue weighted by molar-refractivity contribution is 0.150. The van der Waals surface area contributed by atoms with Gasteiger partial charge in [0.15, 0.2) is 0 Å². The fourth-order valence-electron chi connectivity index (χ4n) is 3.42. The Bertz CT molecular complexity index is 774. The maximum Gasteiger partial charge on any atom is 0.404 e. The molecule has 2 N–H and O–H groups in total. The maximum atomic E-state index is 10.6. The highest BCUT2D eigenvalue weighted by Gasteiger charge is 2.19. The number of amides is 1. The minimum absolute atomic E-state index is 0.177. The first-order valence-electron chi connectivity index (χ1n) is 9.90. The number of rotatable bonds is 9. The summed E-state index contributed by atoms with van der Waals surface area (Å²) in [5.74, 6) is 1.75. The second-order valence-electron chi connectivity index (χ2n) is 6.95. The summed E-state index contributed by atoms with van der Waals surface area (Å²) in [7, 11) is 1.72. The van der Waals surface area contributed by atoms with Crippen LogP contribution in [0.5, 0.6) is 11.5 Å². The van der Waals surface area contributed by atoms with Gasteiger partial charge in [-0.25, -0.2) is 4.79 Å². The highest BCUT2D eigenvalue weighted by molar-refractivity contribution is 5.64. The minimum Gasteiger partial charge on any atom is -0.495 e. The molecule has 1 saturated heterocycles. The third kappa shape index (κ3) is 6.29. The van der Waals surface area contributed by atoms with Crippen LogP contribution < -0.4 is 20.1 Å². The zero-order valence-corrected chi connectivity index (χ0v) is 16.9. The number of hydrogen-bond donors (Lipinski definition) is 1. The molecule has 0 bridgehead atoms. The van der Waals surface area contributed by atoms with Crippen molar-refractivity contribution >= 4 is 11.8 Å². The molecule has 7 heteroatoms. The number of anilines is 1. The molecule has 156 valence electrons. The highest BCUT2D eigenvalue weighted by atomic mass is 16.5. The van der Waals surface area contributed by atoms with Crippen molar-refractivity contribution in [3.63, 3.8) is 0 Å². The number of benzene rings is 2. The van der Waals surface area contributed by atoms with Crippen LogP contribution in [0.25, 0.3) is 0 Å². The number of hydrogen-bond acceptors (Lipinski definition) is 6. The molecule has 0 saturated carbocycles. The van der Waals surface area contributed by atoms with Crippen LogP contribution in [0.2, 0.25) is 0 Å². The summed E-state index contributed by atoms with van der Waals surface area (Å²) in [5, 5.41) is 0. The van der Waals surface area contributed by atoms with Crippen LogP contribution in [0.3, 0.4) is 0 Å². The Labute approximate surface area is 171 Å². The number of nitrogens with two attached hydrogens (primary N) is 1. The largest absolute Gasteiger partial charge is 0.495 e. The van der Waals surface area contributed by atoms with Crippen molar-refractivity contribution in [2.45, 2.75) is 13.0 Å². The van der Waals surface area contributed by atoms with Gasteiger partial charge in [0.2, 0.25) is 0 Å². The fourth-order valence-corrected chi connectivity index (χ4v) is 3.42. The third-order valence-electron chi connectivity index (χ3n) is 4.99. The Morgan fingerprint density at radius 2 is 1.76 bits per heavy atom. The predicted molar refractivity (Wildman–Crippen MR) is 113 cm³/mol. The topological polar surface area (TPSA) is 77.3 Å². The summed E-state index contributed by atoms with van der Waals surface area (Å²) >= 11 is 0. The second-order valence-corrected chi connectivity index (χ2v) is 6.95. The summed E-state index contributed by atoms with van der Waals surface area (Å²) < 4.78 is 16.1. The number of piperazine rings is 1. The van der Waals surface area contributed by atoms with E-state index in [0.717, 1.165) is 56.2 Å². The van der Waals surface area contributed by atoms with Crippen LogP contribution in [0.1, 0.15) is 12.0 Å². The van der Waals surface area contributed by atoms with Crippen molar-refractivity contribution in [3.8, 4) is 11.5 Å². The predicted octanol–water partition coefficient (Wildman–Crippen LogP) is 2.88. The number of primary amides is 1. The molecule has 0 aliphatic carbocycles. The fraction of sp³-hybridized carbons (Fsp3) is 0.409. The number of ether oxygens (including phenoxy) is 3. The lowest BCUT2D eigenvalue weighted by Gasteiger charge is -2.36. The van der Waals surface area contributed by atoms with Crippen molar-refractivity contribution in [1.29, 1.82) is 0 Å². The van der Waals surface area contributed by atoms with E-state index in [4.69, 9.17) is 19.9 Å². The lowest BCUT2D eigenvalue weighted by atomic mass is 10.2. The molecule has 0 radical (unpaired) electrons. The molecule has 1 heterocycles. The molecule has 2 aromatic rings. The smallest absolute Gasteiger partial charge is 0.404 e. The Hall–Kier alpha value is -2.93. The summed E-state index contributed by atoms with van der Waals surface area (Å²) in [6, 6.07) is 15.7. The Morgan fingerprint density at radius 3 is 2.45 bits per heavy atom. The molecule has 7 nitrogen and oxygen atoms in total. The van der Waals surface area contributed by atoms with Gasteiger partial charge in [-0.1, -0.05) is 24.3 Å². The number of para-hydroxylation sites is 2. The van der Waals surface area contributed by atoms with Gasteiger partial charge in [0.25, 0.3) is 0 Å². The van der Waals surface area contributed by atoms with Crippen molar-refractivity contribution in [3.05, 3.63) is 54.1 Å². The molecule has 0 spiro atoms. The molecule has 1 fully saturated rings. The first-order valence-corrected chi connectivity index (χ1v) is 9.90. The van der Waals surface area contributed by atoms with E-state index >= 15 is 0 Å². The molecule has 1 amide bonds. The minimum atomic E-state index is -0.769. The molecule has 1 aliphatic rings. The molecule has 2 aromatic carbocycles. The maximum absolute atomic E-state index is 10.6. The van der Waals surface area contributed by atoms with Crippen LogP contribution in [-0.2, 0) is 11.3 Å². The molecule has 0 aromatic heterocycles. The van der Waals surface area contributed by atoms with Gasteiger partial charge in [-0.3, -0.25) is 4.90 Å². The van der Waals surface area contributed by atoms with E-state index in [9.17, 15) is 4.79 Å². The van der Waals surface area contributed by atoms with Gasteiger partial charge in [0.1, 0.15) is 18.1 Å². The van der Waals surface area contributed by atoms with Gasteiger partial charge < -0.3 is 24.8 Å². The summed E-state index contributed by atoms with van der Waals surface area (Å²) in [5.41, 5.74) is 7.01. The number of methoxy groups -OCH3 is 1. The van der Waals surface area contributed by atoms with Crippen LogP contribution in [0.15, 0.2) is 48.5 Å². The Morgan fingerprint density at radius 1 is 1.03 bits per heavy atom. The van der Waals surface area contributed by atoms with Gasteiger partial charge in [0, 0.05) is 32.7 Å². The molecule has 0 unspecified atom stereocenters. The normalized spacial score (nSPS) is 14.4. The summed E-state index contributed by atoms with van der Waals surface area (Å²) in [6.45, 7) is 5.93. The van der Waals surface area contributed by atoms with Gasteiger partial charge in [-0.2, -0.15) is 0 Å². The van der Waals surface area contributed by atoms with Crippen molar-refractivity contribution in [2.24, 2.45) is 5.73 Å². The SMILES string of the molecule is COc1ccccc1N1CCN(CCCOc2ccc(COC(N)=O)cc2)CC1. The van der Waals surface area contributed by atoms with E-state index in [-0.39, 0.29) is 6.61 Å². The number of carbonyl (C=O) groups is 1. The van der Waals surface area contributed by atoms with E-state index < -0.39 is 6.09 Å². The quantitative estimate of drug-likeness (QED) is 0.654. The number of nitrogens with zero attached hydrogens (tertiary/aromatic N) is 2. The van der Waals surface area contributed by atoms with E-state index in [0.29, 0.717) is 6.61 Å². The summed E-state index contributed by atoms with van der Waals surface area (Å²) in [4.78, 5) is 15.5. The van der Waals surface area contributed by atoms with Crippen molar-refractivity contribution < 1.29 is 19.0 Å². The average Bonchev–Trinajstić information content (AvgIpc) is 2.76. The zero-order valence-electron chi connectivity index (χ0n) is 16.9. The highest BCUT2D eigenvalue weighted by Crippen LogP contribution is 2.28. The van der Waals surface area contributed by atoms with E-state index in [1.807, 2.05) is 36.4 Å². The van der Waals surface area contributed by atoms with Gasteiger partial charge in [-0.05, 0) is 36.2 Å². The molecular formula is C22H29N3O4. The van der Waals surface area contributed by atoms with Crippen molar-refractivity contribution in [1.82, 2.24) is 4.90 Å². The Balaban J connectivity index is 1.34. The van der Waals surface area contributed by atoms with Crippen LogP contribution in [-0.4, -0.2) is 57.4 Å². The lowest BCUT2D eigenvalue weighted by Crippen LogP contribution is -2.46. The zero-order chi connectivity index (χ0) is 20.5. The van der Waals surface area contributed by atoms with Crippen LogP contribution >= 0.6 is 0 Å². The second kappa shape index (κ2) is 10.6. The van der Waals surface area contributed by atoms with Gasteiger partial charge in [0.05, 0.1) is 19.4 Å². The monoisotopic (exact) mass is 399 g/mol. The van der Waals surface area contributed by atoms with Crippen molar-refractivity contribution in [2.75, 3.05) is 51.3 Å².